The molecule has 2 aromatic rings. The van der Waals surface area contributed by atoms with Crippen LogP contribution in [-0.4, -0.2) is 49.5 Å². The van der Waals surface area contributed by atoms with E-state index in [0.717, 1.165) is 18.1 Å². The van der Waals surface area contributed by atoms with Crippen LogP contribution in [0.4, 0.5) is 11.4 Å². The van der Waals surface area contributed by atoms with Gasteiger partial charge >= 0.3 is 0 Å². The van der Waals surface area contributed by atoms with Gasteiger partial charge in [0.25, 0.3) is 0 Å². The molecule has 0 radical (unpaired) electrons. The number of nitrogens with zero attached hydrogens (tertiary/aromatic N) is 1. The molecular weight excluding hydrogens is 420 g/mol. The number of rotatable bonds is 11. The molecule has 0 unspecified atom stereocenters. The van der Waals surface area contributed by atoms with E-state index in [1.165, 1.54) is 18.5 Å². The molecule has 0 aliphatic carbocycles. The van der Waals surface area contributed by atoms with Gasteiger partial charge in [0.05, 0.1) is 23.7 Å². The van der Waals surface area contributed by atoms with E-state index in [2.05, 4.69) is 10.3 Å². The van der Waals surface area contributed by atoms with E-state index >= 15 is 0 Å². The minimum atomic E-state index is -0.430. The Labute approximate surface area is 184 Å². The Kier molecular flexibility index (Phi) is 8.74. The fourth-order valence-corrected chi connectivity index (χ4v) is 2.67. The summed E-state index contributed by atoms with van der Waals surface area (Å²) in [6.07, 6.45) is 3.43. The molecule has 31 heavy (non-hydrogen) atoms. The molecule has 0 heterocycles. The number of nitrogens with two attached hydrogens (primary N) is 1. The summed E-state index contributed by atoms with van der Waals surface area (Å²) in [6, 6.07) is 9.70. The molecule has 0 amide bonds. The summed E-state index contributed by atoms with van der Waals surface area (Å²) in [7, 11) is 1.55. The van der Waals surface area contributed by atoms with Crippen LogP contribution < -0.4 is 15.8 Å². The zero-order valence-electron chi connectivity index (χ0n) is 16.8. The summed E-state index contributed by atoms with van der Waals surface area (Å²) in [4.78, 5) is 3.61. The zero-order valence-corrected chi connectivity index (χ0v) is 17.5. The van der Waals surface area contributed by atoms with Crippen molar-refractivity contribution in [3.63, 3.8) is 0 Å². The van der Waals surface area contributed by atoms with Gasteiger partial charge in [0.2, 0.25) is 0 Å². The second-order valence-electron chi connectivity index (χ2n) is 6.16. The van der Waals surface area contributed by atoms with E-state index in [4.69, 9.17) is 43.0 Å². The SMILES string of the molecule is COCCOc1cc(N)c(C(=N)/C(O)=C/C(=N)c2ccc(N/C=N\C=N)cc2)cc1Cl. The van der Waals surface area contributed by atoms with Gasteiger partial charge in [-0.15, -0.1) is 0 Å². The molecule has 0 saturated carbocycles. The highest BCUT2D eigenvalue weighted by molar-refractivity contribution is 6.33. The van der Waals surface area contributed by atoms with E-state index in [9.17, 15) is 5.11 Å². The number of aliphatic hydroxyl groups is 1. The van der Waals surface area contributed by atoms with E-state index in [1.807, 2.05) is 0 Å². The Hall–Kier alpha value is -3.69. The van der Waals surface area contributed by atoms with Gasteiger partial charge in [-0.3, -0.25) is 10.8 Å². The summed E-state index contributed by atoms with van der Waals surface area (Å²) in [5.41, 5.74) is 7.42. The van der Waals surface area contributed by atoms with Crippen LogP contribution in [0.1, 0.15) is 11.1 Å². The van der Waals surface area contributed by atoms with Gasteiger partial charge in [0.1, 0.15) is 30.2 Å². The number of nitrogens with one attached hydrogen (secondary N) is 4. The first-order valence-electron chi connectivity index (χ1n) is 9.04. The topological polar surface area (TPSA) is 161 Å². The molecule has 9 nitrogen and oxygen atoms in total. The first kappa shape index (κ1) is 23.6. The molecule has 10 heteroatoms. The molecule has 0 aliphatic rings. The lowest BCUT2D eigenvalue weighted by Crippen LogP contribution is -2.10. The first-order valence-corrected chi connectivity index (χ1v) is 9.42. The Morgan fingerprint density at radius 1 is 1.23 bits per heavy atom. The minimum Gasteiger partial charge on any atom is -0.506 e. The number of benzene rings is 2. The Morgan fingerprint density at radius 2 is 1.94 bits per heavy atom. The van der Waals surface area contributed by atoms with Gasteiger partial charge in [-0.1, -0.05) is 23.7 Å². The van der Waals surface area contributed by atoms with Gasteiger partial charge in [-0.2, -0.15) is 0 Å². The third kappa shape index (κ3) is 6.66. The summed E-state index contributed by atoms with van der Waals surface area (Å²) < 4.78 is 10.4. The lowest BCUT2D eigenvalue weighted by atomic mass is 10.0. The number of nitrogen functional groups attached to an aromatic ring is 1. The predicted molar refractivity (Wildman–Crippen MR) is 125 cm³/mol. The number of aliphatic hydroxyl groups excluding tert-OH is 1. The third-order valence-electron chi connectivity index (χ3n) is 4.03. The summed E-state index contributed by atoms with van der Waals surface area (Å²) in [5, 5.41) is 36.7. The predicted octanol–water partition coefficient (Wildman–Crippen LogP) is 3.87. The van der Waals surface area contributed by atoms with Crippen LogP contribution in [0.25, 0.3) is 0 Å². The van der Waals surface area contributed by atoms with Crippen molar-refractivity contribution in [2.75, 3.05) is 31.4 Å². The number of anilines is 2. The molecule has 0 aromatic heterocycles. The number of hydrogen-bond acceptors (Lipinski definition) is 7. The van der Waals surface area contributed by atoms with E-state index in [-0.39, 0.29) is 27.7 Å². The molecule has 0 saturated heterocycles. The summed E-state index contributed by atoms with van der Waals surface area (Å²) in [6.45, 7) is 0.673. The number of hydrogen-bond donors (Lipinski definition) is 6. The molecule has 7 N–H and O–H groups in total. The molecule has 2 aromatic carbocycles. The van der Waals surface area contributed by atoms with Crippen LogP contribution in [0.5, 0.6) is 5.75 Å². The quantitative estimate of drug-likeness (QED) is 0.102. The van der Waals surface area contributed by atoms with Crippen LogP contribution in [0.3, 0.4) is 0 Å². The molecule has 2 rings (SSSR count). The standard InChI is InChI=1S/C21H23ClN6O3/c1-30-6-7-31-20-10-18(25)15(8-16(20)22)21(26)19(29)9-17(24)13-2-4-14(5-3-13)28-12-27-11-23/h2-5,8-12,24,26,29H,6-7,25H2,1H3,(H2,23,27,28)/b19-9-,24-17?,26-21?. The van der Waals surface area contributed by atoms with Gasteiger partial charge in [0, 0.05) is 36.2 Å². The van der Waals surface area contributed by atoms with Crippen molar-refractivity contribution >= 4 is 47.1 Å². The fraction of sp³-hybridized carbons (Fsp3) is 0.143. The average Bonchev–Trinajstić information content (AvgIpc) is 2.76. The highest BCUT2D eigenvalue weighted by atomic mass is 35.5. The second kappa shape index (κ2) is 11.5. The van der Waals surface area contributed by atoms with Crippen LogP contribution >= 0.6 is 11.6 Å². The van der Waals surface area contributed by atoms with Crippen LogP contribution in [-0.2, 0) is 4.74 Å². The number of ether oxygens (including phenoxy) is 2. The van der Waals surface area contributed by atoms with Crippen molar-refractivity contribution in [1.29, 1.82) is 16.2 Å². The Bertz CT molecular complexity index is 1020. The van der Waals surface area contributed by atoms with E-state index in [1.54, 1.807) is 31.4 Å². The maximum atomic E-state index is 10.4. The number of allylic oxidation sites excluding steroid dienone is 2. The van der Waals surface area contributed by atoms with Crippen LogP contribution in [0.2, 0.25) is 5.02 Å². The molecule has 162 valence electrons. The summed E-state index contributed by atoms with van der Waals surface area (Å²) >= 11 is 6.20. The maximum Gasteiger partial charge on any atom is 0.143 e. The molecule has 0 spiro atoms. The maximum absolute atomic E-state index is 10.4. The smallest absolute Gasteiger partial charge is 0.143 e. The number of halogens is 1. The Morgan fingerprint density at radius 3 is 2.58 bits per heavy atom. The average molecular weight is 443 g/mol. The number of aliphatic imine (C=N–C) groups is 1. The highest BCUT2D eigenvalue weighted by Gasteiger charge is 2.15. The van der Waals surface area contributed by atoms with Gasteiger partial charge in [-0.25, -0.2) is 4.99 Å². The van der Waals surface area contributed by atoms with Crippen molar-refractivity contribution in [2.24, 2.45) is 4.99 Å². The molecule has 0 fully saturated rings. The zero-order chi connectivity index (χ0) is 22.8. The van der Waals surface area contributed by atoms with Crippen molar-refractivity contribution in [3.05, 3.63) is 64.4 Å². The van der Waals surface area contributed by atoms with Crippen molar-refractivity contribution in [2.45, 2.75) is 0 Å². The van der Waals surface area contributed by atoms with Crippen LogP contribution in [0, 0.1) is 16.2 Å². The van der Waals surface area contributed by atoms with Gasteiger partial charge in [-0.05, 0) is 23.8 Å². The molecule has 0 bridgehead atoms. The fourth-order valence-electron chi connectivity index (χ4n) is 2.46. The normalized spacial score (nSPS) is 11.4. The number of methoxy groups -OCH3 is 1. The first-order chi connectivity index (χ1) is 14.9. The van der Waals surface area contributed by atoms with Crippen LogP contribution in [0.15, 0.2) is 53.2 Å². The monoisotopic (exact) mass is 442 g/mol. The van der Waals surface area contributed by atoms with Crippen molar-refractivity contribution < 1.29 is 14.6 Å². The third-order valence-corrected chi connectivity index (χ3v) is 4.33. The molecule has 0 atom stereocenters. The Balaban J connectivity index is 2.14. The lowest BCUT2D eigenvalue weighted by Gasteiger charge is -2.13. The highest BCUT2D eigenvalue weighted by Crippen LogP contribution is 2.31. The van der Waals surface area contributed by atoms with Gasteiger partial charge < -0.3 is 31.0 Å². The second-order valence-corrected chi connectivity index (χ2v) is 6.57. The largest absolute Gasteiger partial charge is 0.506 e. The minimum absolute atomic E-state index is 0.00569. The van der Waals surface area contributed by atoms with E-state index in [0.29, 0.717) is 24.5 Å². The van der Waals surface area contributed by atoms with Crippen molar-refractivity contribution in [1.82, 2.24) is 0 Å². The van der Waals surface area contributed by atoms with Gasteiger partial charge in [0.15, 0.2) is 0 Å². The molecule has 0 aliphatic heterocycles. The summed E-state index contributed by atoms with van der Waals surface area (Å²) in [5.74, 6) is -0.0792. The van der Waals surface area contributed by atoms with Crippen molar-refractivity contribution in [3.8, 4) is 5.75 Å². The van der Waals surface area contributed by atoms with E-state index < -0.39 is 5.76 Å². The lowest BCUT2D eigenvalue weighted by molar-refractivity contribution is 0.146. The molecular formula is C21H23ClN6O3.